The molecule has 2 atom stereocenters. The van der Waals surface area contributed by atoms with Gasteiger partial charge in [-0.3, -0.25) is 9.59 Å². The molecular formula is C39H45FN2O5. The lowest BCUT2D eigenvalue weighted by Crippen LogP contribution is -2.46. The Hall–Kier alpha value is -4.27. The van der Waals surface area contributed by atoms with E-state index in [4.69, 9.17) is 14.2 Å². The predicted octanol–water partition coefficient (Wildman–Crippen LogP) is 8.81. The molecule has 0 radical (unpaired) electrons. The van der Waals surface area contributed by atoms with Crippen LogP contribution in [0.25, 0.3) is 22.4 Å². The van der Waals surface area contributed by atoms with Crippen LogP contribution >= 0.6 is 0 Å². The van der Waals surface area contributed by atoms with Gasteiger partial charge in [0.15, 0.2) is 5.79 Å². The molecule has 248 valence electrons. The van der Waals surface area contributed by atoms with E-state index in [9.17, 15) is 14.0 Å². The van der Waals surface area contributed by atoms with Crippen molar-refractivity contribution < 1.29 is 28.2 Å². The van der Waals surface area contributed by atoms with Gasteiger partial charge in [-0.15, -0.1) is 0 Å². The summed E-state index contributed by atoms with van der Waals surface area (Å²) in [7, 11) is 0. The zero-order chi connectivity index (χ0) is 33.8. The summed E-state index contributed by atoms with van der Waals surface area (Å²) in [5.41, 5.74) is 4.88. The molecule has 4 aromatic rings. The molecule has 3 aromatic carbocycles. The number of aromatic nitrogens is 1. The largest absolute Gasteiger partial charge is 0.460 e. The molecule has 0 saturated carbocycles. The van der Waals surface area contributed by atoms with Crippen LogP contribution in [0.4, 0.5) is 10.1 Å². The number of carbonyl (C=O) groups excluding carboxylic acids is 2. The number of benzene rings is 3. The standard InChI is InChI=1S/C39H45FN2O5/c1-7-32-35(37(44)41-29-16-12-9-13-17-29)34(26-14-10-8-11-15-26)36(27-18-20-28(40)21-19-27)42(32)23-22-30-24-31(46-39(5,6)45-30)25-33(43)47-38(2,3)4/h8-21,30-31H,7,22-25H2,1-6H3,(H,41,44). The number of nitrogens with one attached hydrogen (secondary N) is 1. The highest BCUT2D eigenvalue weighted by Gasteiger charge is 2.37. The van der Waals surface area contributed by atoms with Gasteiger partial charge in [0.05, 0.1) is 29.9 Å². The Bertz CT molecular complexity index is 1670. The normalized spacial score (nSPS) is 17.7. The molecule has 1 aliphatic heterocycles. The fraction of sp³-hybridized carbons (Fsp3) is 0.385. The van der Waals surface area contributed by atoms with Crippen LogP contribution in [-0.4, -0.2) is 40.0 Å². The second-order valence-corrected chi connectivity index (χ2v) is 13.4. The summed E-state index contributed by atoms with van der Waals surface area (Å²) >= 11 is 0. The Kier molecular flexibility index (Phi) is 10.3. The van der Waals surface area contributed by atoms with Gasteiger partial charge in [-0.25, -0.2) is 4.39 Å². The Labute approximate surface area is 277 Å². The lowest BCUT2D eigenvalue weighted by atomic mass is 9.96. The lowest BCUT2D eigenvalue weighted by molar-refractivity contribution is -0.301. The maximum absolute atomic E-state index is 14.2. The molecule has 8 heteroatoms. The van der Waals surface area contributed by atoms with Crippen molar-refractivity contribution in [3.8, 4) is 22.4 Å². The van der Waals surface area contributed by atoms with Crippen molar-refractivity contribution in [1.82, 2.24) is 4.57 Å². The Balaban J connectivity index is 1.56. The first kappa shape index (κ1) is 34.1. The number of hydrogen-bond donors (Lipinski definition) is 1. The third kappa shape index (κ3) is 8.56. The summed E-state index contributed by atoms with van der Waals surface area (Å²) in [6.07, 6.45) is 1.25. The van der Waals surface area contributed by atoms with Gasteiger partial charge in [-0.1, -0.05) is 55.5 Å². The van der Waals surface area contributed by atoms with Crippen LogP contribution in [0.2, 0.25) is 0 Å². The van der Waals surface area contributed by atoms with Crippen LogP contribution in [0.1, 0.15) is 76.9 Å². The second-order valence-electron chi connectivity index (χ2n) is 13.4. The number of hydrogen-bond acceptors (Lipinski definition) is 5. The average molecular weight is 641 g/mol. The second kappa shape index (κ2) is 14.2. The molecular weight excluding hydrogens is 595 g/mol. The minimum atomic E-state index is -0.893. The number of para-hydroxylation sites is 1. The Morgan fingerprint density at radius 1 is 0.915 bits per heavy atom. The van der Waals surface area contributed by atoms with E-state index in [0.29, 0.717) is 37.1 Å². The number of ether oxygens (including phenoxy) is 3. The Morgan fingerprint density at radius 2 is 1.53 bits per heavy atom. The third-order valence-corrected chi connectivity index (χ3v) is 8.06. The molecule has 1 N–H and O–H groups in total. The number of carbonyl (C=O) groups is 2. The maximum Gasteiger partial charge on any atom is 0.308 e. The minimum absolute atomic E-state index is 0.132. The molecule has 1 fully saturated rings. The van der Waals surface area contributed by atoms with Crippen LogP contribution in [0, 0.1) is 5.82 Å². The number of nitrogens with zero attached hydrogens (tertiary/aromatic N) is 1. The van der Waals surface area contributed by atoms with Gasteiger partial charge >= 0.3 is 5.97 Å². The quantitative estimate of drug-likeness (QED) is 0.175. The van der Waals surface area contributed by atoms with E-state index in [2.05, 4.69) is 9.88 Å². The van der Waals surface area contributed by atoms with Gasteiger partial charge in [0.25, 0.3) is 5.91 Å². The van der Waals surface area contributed by atoms with Crippen LogP contribution in [-0.2, 0) is 32.0 Å². The highest BCUT2D eigenvalue weighted by atomic mass is 19.1. The monoisotopic (exact) mass is 640 g/mol. The van der Waals surface area contributed by atoms with Crippen LogP contribution in [0.5, 0.6) is 0 Å². The van der Waals surface area contributed by atoms with E-state index in [0.717, 1.165) is 28.1 Å². The lowest BCUT2D eigenvalue weighted by Gasteiger charge is -2.41. The molecule has 1 aromatic heterocycles. The number of amides is 1. The summed E-state index contributed by atoms with van der Waals surface area (Å²) in [6.45, 7) is 11.8. The Morgan fingerprint density at radius 3 is 2.15 bits per heavy atom. The summed E-state index contributed by atoms with van der Waals surface area (Å²) in [5, 5.41) is 3.10. The van der Waals surface area contributed by atoms with Crippen LogP contribution < -0.4 is 5.32 Å². The van der Waals surface area contributed by atoms with E-state index < -0.39 is 11.4 Å². The molecule has 47 heavy (non-hydrogen) atoms. The fourth-order valence-corrected chi connectivity index (χ4v) is 6.40. The number of esters is 1. The van der Waals surface area contributed by atoms with Gasteiger partial charge in [0.2, 0.25) is 0 Å². The van der Waals surface area contributed by atoms with Crippen molar-refractivity contribution in [3.05, 3.63) is 102 Å². The van der Waals surface area contributed by atoms with Crippen LogP contribution in [0.3, 0.4) is 0 Å². The van der Waals surface area contributed by atoms with Gasteiger partial charge in [0.1, 0.15) is 11.4 Å². The predicted molar refractivity (Wildman–Crippen MR) is 183 cm³/mol. The summed E-state index contributed by atoms with van der Waals surface area (Å²) < 4.78 is 34.5. The summed E-state index contributed by atoms with van der Waals surface area (Å²) in [4.78, 5) is 26.9. The van der Waals surface area contributed by atoms with Gasteiger partial charge in [-0.05, 0) is 95.0 Å². The molecule has 1 aliphatic rings. The minimum Gasteiger partial charge on any atom is -0.460 e. The topological polar surface area (TPSA) is 78.8 Å². The molecule has 1 saturated heterocycles. The van der Waals surface area contributed by atoms with E-state index in [1.807, 2.05) is 102 Å². The first-order valence-electron chi connectivity index (χ1n) is 16.3. The summed E-state index contributed by atoms with van der Waals surface area (Å²) in [6, 6.07) is 25.7. The highest BCUT2D eigenvalue weighted by Crippen LogP contribution is 2.41. The van der Waals surface area contributed by atoms with Gasteiger partial charge in [0, 0.05) is 29.9 Å². The SMILES string of the molecule is CCc1c(C(=O)Nc2ccccc2)c(-c2ccccc2)c(-c2ccc(F)cc2)n1CCC1CC(CC(=O)OC(C)(C)C)OC(C)(C)O1. The average Bonchev–Trinajstić information content (AvgIpc) is 3.34. The van der Waals surface area contributed by atoms with E-state index >= 15 is 0 Å². The molecule has 2 unspecified atom stereocenters. The maximum atomic E-state index is 14.2. The molecule has 7 nitrogen and oxygen atoms in total. The van der Waals surface area contributed by atoms with Crippen molar-refractivity contribution in [2.45, 2.75) is 97.4 Å². The highest BCUT2D eigenvalue weighted by molar-refractivity contribution is 6.12. The van der Waals surface area contributed by atoms with E-state index in [-0.39, 0.29) is 36.3 Å². The van der Waals surface area contributed by atoms with E-state index in [1.165, 1.54) is 12.1 Å². The molecule has 5 rings (SSSR count). The van der Waals surface area contributed by atoms with Crippen LogP contribution in [0.15, 0.2) is 84.9 Å². The molecule has 0 aliphatic carbocycles. The first-order valence-corrected chi connectivity index (χ1v) is 16.3. The molecule has 0 spiro atoms. The van der Waals surface area contributed by atoms with Gasteiger partial charge < -0.3 is 24.1 Å². The molecule has 2 heterocycles. The van der Waals surface area contributed by atoms with Crippen molar-refractivity contribution >= 4 is 17.6 Å². The molecule has 0 bridgehead atoms. The number of rotatable bonds is 10. The molecule has 1 amide bonds. The van der Waals surface area contributed by atoms with Crippen molar-refractivity contribution in [2.24, 2.45) is 0 Å². The number of anilines is 1. The van der Waals surface area contributed by atoms with Crippen molar-refractivity contribution in [2.75, 3.05) is 5.32 Å². The zero-order valence-corrected chi connectivity index (χ0v) is 28.1. The smallest absolute Gasteiger partial charge is 0.308 e. The number of halogens is 1. The van der Waals surface area contributed by atoms with Gasteiger partial charge in [-0.2, -0.15) is 0 Å². The third-order valence-electron chi connectivity index (χ3n) is 8.06. The summed E-state index contributed by atoms with van der Waals surface area (Å²) in [5.74, 6) is -1.75. The van der Waals surface area contributed by atoms with Crippen molar-refractivity contribution in [3.63, 3.8) is 0 Å². The fourth-order valence-electron chi connectivity index (χ4n) is 6.40. The van der Waals surface area contributed by atoms with E-state index in [1.54, 1.807) is 12.1 Å². The first-order chi connectivity index (χ1) is 22.3. The zero-order valence-electron chi connectivity index (χ0n) is 28.1. The van der Waals surface area contributed by atoms with Crippen molar-refractivity contribution in [1.29, 1.82) is 0 Å².